The summed E-state index contributed by atoms with van der Waals surface area (Å²) in [6.07, 6.45) is 7.76. The number of piperidine rings is 1. The fourth-order valence-electron chi connectivity index (χ4n) is 5.96. The summed E-state index contributed by atoms with van der Waals surface area (Å²) in [5, 5.41) is 10.7. The van der Waals surface area contributed by atoms with Gasteiger partial charge < -0.3 is 14.4 Å². The number of hydrogen-bond acceptors (Lipinski definition) is 7. The van der Waals surface area contributed by atoms with Crippen molar-refractivity contribution in [2.45, 2.75) is 51.2 Å². The van der Waals surface area contributed by atoms with Crippen LogP contribution in [0.4, 0.5) is 11.4 Å². The van der Waals surface area contributed by atoms with Crippen molar-refractivity contribution in [3.8, 4) is 0 Å². The first-order chi connectivity index (χ1) is 18.2. The molecule has 2 aromatic heterocycles. The molecule has 8 heteroatoms. The number of hydrogen-bond donors (Lipinski definition) is 0. The van der Waals surface area contributed by atoms with Gasteiger partial charge in [-0.25, -0.2) is 14.7 Å². The SMILES string of the molecule is CCc1nn(C2CCOCC2)c2nc(C3=CCN(C)N3c3ccc(N4CCCC(OC)C4)cc3)ccc12. The Hall–Kier alpha value is -2.94. The maximum atomic E-state index is 5.63. The van der Waals surface area contributed by atoms with Crippen molar-refractivity contribution in [3.63, 3.8) is 0 Å². The van der Waals surface area contributed by atoms with E-state index in [4.69, 9.17) is 19.6 Å². The summed E-state index contributed by atoms with van der Waals surface area (Å²) in [5.41, 5.74) is 6.61. The first kappa shape index (κ1) is 24.4. The van der Waals surface area contributed by atoms with E-state index in [1.807, 2.05) is 7.11 Å². The van der Waals surface area contributed by atoms with Gasteiger partial charge in [0, 0.05) is 58.1 Å². The van der Waals surface area contributed by atoms with E-state index in [0.29, 0.717) is 12.1 Å². The standard InChI is InChI=1S/C29H38N6O2/c1-4-26-25-11-12-27(30-29(25)34(31-26)22-14-18-37-19-15-22)28-13-17-32(2)35(28)23-9-7-21(8-10-23)33-16-5-6-24(20-33)36-3/h7-13,22,24H,4-6,14-20H2,1-3H3. The van der Waals surface area contributed by atoms with E-state index in [1.54, 1.807) is 0 Å². The van der Waals surface area contributed by atoms with E-state index in [0.717, 1.165) is 92.3 Å². The molecule has 1 aromatic carbocycles. The summed E-state index contributed by atoms with van der Waals surface area (Å²) in [6.45, 7) is 6.63. The lowest BCUT2D eigenvalue weighted by Crippen LogP contribution is -2.39. The molecule has 0 radical (unpaired) electrons. The van der Waals surface area contributed by atoms with Gasteiger partial charge in [0.05, 0.1) is 34.9 Å². The van der Waals surface area contributed by atoms with Crippen LogP contribution < -0.4 is 9.91 Å². The second-order valence-corrected chi connectivity index (χ2v) is 10.4. The molecule has 0 amide bonds. The van der Waals surface area contributed by atoms with Crippen LogP contribution in [0.15, 0.2) is 42.5 Å². The normalized spacial score (nSPS) is 21.7. The van der Waals surface area contributed by atoms with Gasteiger partial charge >= 0.3 is 0 Å². The highest BCUT2D eigenvalue weighted by molar-refractivity contribution is 5.85. The molecule has 0 N–H and O–H groups in total. The van der Waals surface area contributed by atoms with Gasteiger partial charge in [-0.15, -0.1) is 0 Å². The van der Waals surface area contributed by atoms with Gasteiger partial charge in [-0.1, -0.05) is 6.92 Å². The van der Waals surface area contributed by atoms with Crippen LogP contribution in [0.2, 0.25) is 0 Å². The van der Waals surface area contributed by atoms with Gasteiger partial charge in [0.15, 0.2) is 5.65 Å². The third-order valence-corrected chi connectivity index (χ3v) is 8.05. The molecule has 0 bridgehead atoms. The number of fused-ring (bicyclic) bond motifs is 1. The van der Waals surface area contributed by atoms with Gasteiger partial charge in [0.25, 0.3) is 0 Å². The Labute approximate surface area is 219 Å². The topological polar surface area (TPSA) is 58.9 Å². The Morgan fingerprint density at radius 3 is 2.57 bits per heavy atom. The molecule has 1 unspecified atom stereocenters. The van der Waals surface area contributed by atoms with Crippen LogP contribution in [0.25, 0.3) is 16.7 Å². The van der Waals surface area contributed by atoms with Gasteiger partial charge in [0.1, 0.15) is 0 Å². The molecular weight excluding hydrogens is 464 g/mol. The van der Waals surface area contributed by atoms with E-state index in [9.17, 15) is 0 Å². The smallest absolute Gasteiger partial charge is 0.159 e. The van der Waals surface area contributed by atoms with Crippen molar-refractivity contribution < 1.29 is 9.47 Å². The van der Waals surface area contributed by atoms with Crippen molar-refractivity contribution in [3.05, 3.63) is 53.9 Å². The summed E-state index contributed by atoms with van der Waals surface area (Å²) >= 11 is 0. The predicted octanol–water partition coefficient (Wildman–Crippen LogP) is 4.67. The van der Waals surface area contributed by atoms with E-state index < -0.39 is 0 Å². The second kappa shape index (κ2) is 10.4. The first-order valence-electron chi connectivity index (χ1n) is 13.7. The summed E-state index contributed by atoms with van der Waals surface area (Å²) in [4.78, 5) is 7.66. The molecule has 1 atom stereocenters. The van der Waals surface area contributed by atoms with Crippen molar-refractivity contribution >= 4 is 28.1 Å². The number of aryl methyl sites for hydroxylation is 1. The third-order valence-electron chi connectivity index (χ3n) is 8.05. The molecular formula is C29H38N6O2. The molecule has 196 valence electrons. The molecule has 3 aliphatic rings. The van der Waals surface area contributed by atoms with Crippen LogP contribution in [0.3, 0.4) is 0 Å². The minimum absolute atomic E-state index is 0.316. The fourth-order valence-corrected chi connectivity index (χ4v) is 5.96. The van der Waals surface area contributed by atoms with Gasteiger partial charge in [-0.2, -0.15) is 5.10 Å². The lowest BCUT2D eigenvalue weighted by molar-refractivity contribution is 0.0672. The van der Waals surface area contributed by atoms with E-state index in [1.165, 1.54) is 12.1 Å². The van der Waals surface area contributed by atoms with E-state index in [2.05, 4.69) is 76.0 Å². The van der Waals surface area contributed by atoms with Crippen LogP contribution in [-0.2, 0) is 15.9 Å². The third kappa shape index (κ3) is 4.62. The maximum Gasteiger partial charge on any atom is 0.159 e. The van der Waals surface area contributed by atoms with Crippen LogP contribution in [0.1, 0.15) is 50.0 Å². The van der Waals surface area contributed by atoms with Crippen LogP contribution in [0, 0.1) is 0 Å². The van der Waals surface area contributed by atoms with Crippen molar-refractivity contribution in [2.24, 2.45) is 0 Å². The predicted molar refractivity (Wildman–Crippen MR) is 148 cm³/mol. The zero-order chi connectivity index (χ0) is 25.4. The van der Waals surface area contributed by atoms with Gasteiger partial charge in [0.2, 0.25) is 0 Å². The summed E-state index contributed by atoms with van der Waals surface area (Å²) in [5.74, 6) is 0. The lowest BCUT2D eigenvalue weighted by Gasteiger charge is -2.34. The Balaban J connectivity index is 1.30. The van der Waals surface area contributed by atoms with Crippen molar-refractivity contribution in [2.75, 3.05) is 56.9 Å². The van der Waals surface area contributed by atoms with E-state index >= 15 is 0 Å². The van der Waals surface area contributed by atoms with Crippen molar-refractivity contribution in [1.29, 1.82) is 0 Å². The van der Waals surface area contributed by atoms with Crippen molar-refractivity contribution in [1.82, 2.24) is 19.8 Å². The molecule has 0 spiro atoms. The highest BCUT2D eigenvalue weighted by Gasteiger charge is 2.27. The van der Waals surface area contributed by atoms with E-state index in [-0.39, 0.29) is 0 Å². The number of benzene rings is 1. The molecule has 3 aliphatic heterocycles. The zero-order valence-electron chi connectivity index (χ0n) is 22.3. The number of nitrogens with zero attached hydrogens (tertiary/aromatic N) is 6. The molecule has 5 heterocycles. The first-order valence-corrected chi connectivity index (χ1v) is 13.7. The Kier molecular flexibility index (Phi) is 6.88. The quantitative estimate of drug-likeness (QED) is 0.486. The van der Waals surface area contributed by atoms with Gasteiger partial charge in [-0.05, 0) is 74.6 Å². The minimum Gasteiger partial charge on any atom is -0.381 e. The molecule has 8 nitrogen and oxygen atoms in total. The fraction of sp³-hybridized carbons (Fsp3) is 0.517. The Morgan fingerprint density at radius 2 is 1.81 bits per heavy atom. The molecule has 0 aliphatic carbocycles. The number of pyridine rings is 1. The lowest BCUT2D eigenvalue weighted by atomic mass is 10.1. The molecule has 2 fully saturated rings. The Morgan fingerprint density at radius 1 is 1.03 bits per heavy atom. The number of aromatic nitrogens is 3. The summed E-state index contributed by atoms with van der Waals surface area (Å²) in [7, 11) is 3.95. The maximum absolute atomic E-state index is 5.63. The molecule has 37 heavy (non-hydrogen) atoms. The minimum atomic E-state index is 0.316. The molecule has 3 aromatic rings. The highest BCUT2D eigenvalue weighted by Crippen LogP contribution is 2.34. The number of rotatable bonds is 6. The number of likely N-dealkylation sites (N-methyl/N-ethyl adjacent to an activating group) is 1. The van der Waals surface area contributed by atoms with Crippen LogP contribution in [-0.4, -0.2) is 72.9 Å². The molecule has 0 saturated carbocycles. The number of methoxy groups -OCH3 is 1. The van der Waals surface area contributed by atoms with Crippen LogP contribution >= 0.6 is 0 Å². The molecule has 2 saturated heterocycles. The zero-order valence-corrected chi connectivity index (χ0v) is 22.3. The number of anilines is 2. The Bertz CT molecular complexity index is 1260. The highest BCUT2D eigenvalue weighted by atomic mass is 16.5. The average molecular weight is 503 g/mol. The molecule has 6 rings (SSSR count). The summed E-state index contributed by atoms with van der Waals surface area (Å²) in [6, 6.07) is 13.6. The van der Waals surface area contributed by atoms with Gasteiger partial charge in [-0.3, -0.25) is 5.01 Å². The summed E-state index contributed by atoms with van der Waals surface area (Å²) < 4.78 is 13.4. The second-order valence-electron chi connectivity index (χ2n) is 10.4. The van der Waals surface area contributed by atoms with Crippen LogP contribution in [0.5, 0.6) is 0 Å². The average Bonchev–Trinajstić information content (AvgIpc) is 3.53. The number of ether oxygens (including phenoxy) is 2. The largest absolute Gasteiger partial charge is 0.381 e. The monoisotopic (exact) mass is 502 g/mol. The number of hydrazine groups is 1.